The molecule has 1 aromatic carbocycles. The van der Waals surface area contributed by atoms with Gasteiger partial charge in [0.2, 0.25) is 11.9 Å². The van der Waals surface area contributed by atoms with Gasteiger partial charge in [0.15, 0.2) is 5.65 Å². The largest absolute Gasteiger partial charge is 0.369 e. The Balaban J connectivity index is 1.27. The van der Waals surface area contributed by atoms with Gasteiger partial charge in [0, 0.05) is 52.9 Å². The molecule has 0 aliphatic carbocycles. The number of nitrogens with zero attached hydrogens (tertiary/aromatic N) is 10. The summed E-state index contributed by atoms with van der Waals surface area (Å²) >= 11 is 0. The van der Waals surface area contributed by atoms with Crippen LogP contribution in [0.4, 0.5) is 5.69 Å². The summed E-state index contributed by atoms with van der Waals surface area (Å²) in [7, 11) is 3.83. The second-order valence-corrected chi connectivity index (χ2v) is 10.6. The molecule has 0 radical (unpaired) electrons. The summed E-state index contributed by atoms with van der Waals surface area (Å²) < 4.78 is 11.9. The van der Waals surface area contributed by atoms with Crippen LogP contribution in [0.1, 0.15) is 30.4 Å². The van der Waals surface area contributed by atoms with Gasteiger partial charge in [-0.05, 0) is 12.1 Å². The van der Waals surface area contributed by atoms with E-state index in [0.717, 1.165) is 64.7 Å². The third kappa shape index (κ3) is 4.55. The molecule has 2 saturated heterocycles. The molecular weight excluding hydrogens is 522 g/mol. The number of piperazine rings is 1. The summed E-state index contributed by atoms with van der Waals surface area (Å²) in [4.78, 5) is 37.0. The molecule has 0 spiro atoms. The second-order valence-electron chi connectivity index (χ2n) is 10.6. The molecule has 1 atom stereocenters. The maximum absolute atomic E-state index is 13.0. The van der Waals surface area contributed by atoms with Gasteiger partial charge in [0.05, 0.1) is 42.6 Å². The van der Waals surface area contributed by atoms with Crippen LogP contribution in [0.25, 0.3) is 28.1 Å². The predicted molar refractivity (Wildman–Crippen MR) is 153 cm³/mol. The minimum Gasteiger partial charge on any atom is -0.369 e. The molecule has 2 fully saturated rings. The van der Waals surface area contributed by atoms with Crippen LogP contribution in [0, 0.1) is 0 Å². The maximum atomic E-state index is 13.0. The van der Waals surface area contributed by atoms with Gasteiger partial charge in [-0.1, -0.05) is 19.1 Å². The first kappa shape index (κ1) is 25.7. The molecule has 212 valence electrons. The molecule has 4 aromatic heterocycles. The second kappa shape index (κ2) is 10.3. The number of ether oxygens (including phenoxy) is 1. The van der Waals surface area contributed by atoms with Crippen molar-refractivity contribution in [2.24, 2.45) is 14.1 Å². The number of morpholine rings is 1. The number of nitrogens with one attached hydrogen (secondary N) is 1. The Labute approximate surface area is 236 Å². The third-order valence-electron chi connectivity index (χ3n) is 7.87. The Morgan fingerprint density at radius 2 is 1.95 bits per heavy atom. The number of benzene rings is 1. The zero-order chi connectivity index (χ0) is 28.1. The van der Waals surface area contributed by atoms with Crippen LogP contribution in [-0.2, 0) is 36.6 Å². The fraction of sp³-hybridized carbons (Fsp3) is 0.429. The Kier molecular flexibility index (Phi) is 6.48. The Bertz CT molecular complexity index is 1750. The molecule has 0 saturated carbocycles. The van der Waals surface area contributed by atoms with E-state index in [0.29, 0.717) is 38.7 Å². The van der Waals surface area contributed by atoms with Crippen LogP contribution in [0.2, 0.25) is 0 Å². The standard InChI is InChI=1S/C28H33N11O2/c1-4-22-31-19-7-5-6-8-20(19)39(22)28-33-25(21-14-29-9-12-41-21)26-27(34-28)36(3)23(32-26)16-37-10-11-38(24(40)17-37)18-13-30-35(2)15-18/h5-8,13,15,21,29H,4,9-12,14,16-17H2,1-3H3. The Hall–Kier alpha value is -4.20. The van der Waals surface area contributed by atoms with Crippen molar-refractivity contribution in [2.45, 2.75) is 26.0 Å². The molecule has 0 bridgehead atoms. The normalized spacial score (nSPS) is 18.7. The molecule has 2 aliphatic heterocycles. The summed E-state index contributed by atoms with van der Waals surface area (Å²) in [6, 6.07) is 8.05. The number of amides is 1. The number of hydrogen-bond acceptors (Lipinski definition) is 9. The van der Waals surface area contributed by atoms with Crippen molar-refractivity contribution in [3.63, 3.8) is 0 Å². The van der Waals surface area contributed by atoms with E-state index in [2.05, 4.69) is 22.2 Å². The van der Waals surface area contributed by atoms with Crippen LogP contribution < -0.4 is 10.2 Å². The highest BCUT2D eigenvalue weighted by Gasteiger charge is 2.29. The molecule has 1 N–H and O–H groups in total. The first-order valence-corrected chi connectivity index (χ1v) is 14.0. The van der Waals surface area contributed by atoms with Crippen LogP contribution >= 0.6 is 0 Å². The number of anilines is 1. The minimum absolute atomic E-state index is 0.0477. The first-order chi connectivity index (χ1) is 20.0. The number of fused-ring (bicyclic) bond motifs is 2. The van der Waals surface area contributed by atoms with Gasteiger partial charge in [-0.3, -0.25) is 18.9 Å². The number of carbonyl (C=O) groups excluding carboxylic acids is 1. The zero-order valence-corrected chi connectivity index (χ0v) is 23.5. The van der Waals surface area contributed by atoms with Crippen LogP contribution in [0.3, 0.4) is 0 Å². The van der Waals surface area contributed by atoms with Gasteiger partial charge >= 0.3 is 0 Å². The summed E-state index contributed by atoms with van der Waals surface area (Å²) in [6.45, 7) is 6.28. The molecule has 1 unspecified atom stereocenters. The van der Waals surface area contributed by atoms with Gasteiger partial charge in [0.1, 0.15) is 29.0 Å². The first-order valence-electron chi connectivity index (χ1n) is 14.0. The summed E-state index contributed by atoms with van der Waals surface area (Å²) in [6.07, 6.45) is 4.08. The number of hydrogen-bond donors (Lipinski definition) is 1. The average molecular weight is 556 g/mol. The van der Waals surface area contributed by atoms with E-state index in [1.807, 2.05) is 53.7 Å². The third-order valence-corrected chi connectivity index (χ3v) is 7.87. The van der Waals surface area contributed by atoms with Gasteiger partial charge in [-0.2, -0.15) is 10.1 Å². The number of rotatable bonds is 6. The maximum Gasteiger partial charge on any atom is 0.241 e. The highest BCUT2D eigenvalue weighted by Crippen LogP contribution is 2.29. The molecular formula is C28H33N11O2. The number of para-hydroxylation sites is 2. The lowest BCUT2D eigenvalue weighted by Gasteiger charge is -2.33. The van der Waals surface area contributed by atoms with Crippen LogP contribution in [0.15, 0.2) is 36.7 Å². The predicted octanol–water partition coefficient (Wildman–Crippen LogP) is 1.51. The topological polar surface area (TPSA) is 124 Å². The van der Waals surface area contributed by atoms with Crippen molar-refractivity contribution in [1.82, 2.24) is 49.1 Å². The number of imidazole rings is 2. The molecule has 6 heterocycles. The fourth-order valence-electron chi connectivity index (χ4n) is 5.74. The van der Waals surface area contributed by atoms with Gasteiger partial charge in [-0.25, -0.2) is 15.0 Å². The molecule has 41 heavy (non-hydrogen) atoms. The van der Waals surface area contributed by atoms with Crippen LogP contribution in [-0.4, -0.2) is 89.0 Å². The van der Waals surface area contributed by atoms with Crippen molar-refractivity contribution in [1.29, 1.82) is 0 Å². The number of aromatic nitrogens is 8. The SMILES string of the molecule is CCc1nc2ccccc2n1-c1nc(C2CNCCO2)c2nc(CN3CCN(c4cnn(C)c4)C(=O)C3)n(C)c2n1. The van der Waals surface area contributed by atoms with Crippen molar-refractivity contribution in [2.75, 3.05) is 44.2 Å². The van der Waals surface area contributed by atoms with Gasteiger partial charge < -0.3 is 19.5 Å². The van der Waals surface area contributed by atoms with Gasteiger partial charge in [-0.15, -0.1) is 0 Å². The highest BCUT2D eigenvalue weighted by molar-refractivity contribution is 5.95. The monoisotopic (exact) mass is 555 g/mol. The Morgan fingerprint density at radius 3 is 2.71 bits per heavy atom. The quantitative estimate of drug-likeness (QED) is 0.332. The van der Waals surface area contributed by atoms with Crippen molar-refractivity contribution < 1.29 is 9.53 Å². The zero-order valence-electron chi connectivity index (χ0n) is 23.5. The van der Waals surface area contributed by atoms with E-state index in [-0.39, 0.29) is 12.0 Å². The number of aryl methyl sites for hydroxylation is 3. The lowest BCUT2D eigenvalue weighted by Crippen LogP contribution is -2.50. The number of carbonyl (C=O) groups is 1. The summed E-state index contributed by atoms with van der Waals surface area (Å²) in [5.41, 5.74) is 4.91. The van der Waals surface area contributed by atoms with E-state index in [4.69, 9.17) is 24.7 Å². The van der Waals surface area contributed by atoms with Crippen molar-refractivity contribution >= 4 is 33.8 Å². The van der Waals surface area contributed by atoms with Crippen LogP contribution in [0.5, 0.6) is 0 Å². The minimum atomic E-state index is -0.250. The summed E-state index contributed by atoms with van der Waals surface area (Å²) in [5.74, 6) is 2.32. The lowest BCUT2D eigenvalue weighted by atomic mass is 10.2. The molecule has 7 rings (SSSR count). The molecule has 2 aliphatic rings. The van der Waals surface area contributed by atoms with E-state index < -0.39 is 0 Å². The van der Waals surface area contributed by atoms with Crippen molar-refractivity contribution in [3.8, 4) is 5.95 Å². The van der Waals surface area contributed by atoms with E-state index in [1.54, 1.807) is 15.8 Å². The van der Waals surface area contributed by atoms with E-state index in [1.165, 1.54) is 0 Å². The Morgan fingerprint density at radius 1 is 1.07 bits per heavy atom. The average Bonchev–Trinajstić information content (AvgIpc) is 3.68. The van der Waals surface area contributed by atoms with E-state index in [9.17, 15) is 4.79 Å². The van der Waals surface area contributed by atoms with E-state index >= 15 is 0 Å². The fourth-order valence-corrected chi connectivity index (χ4v) is 5.74. The summed E-state index contributed by atoms with van der Waals surface area (Å²) in [5, 5.41) is 7.63. The smallest absolute Gasteiger partial charge is 0.241 e. The van der Waals surface area contributed by atoms with Gasteiger partial charge in [0.25, 0.3) is 0 Å². The molecule has 1 amide bonds. The molecule has 13 heteroatoms. The lowest BCUT2D eigenvalue weighted by molar-refractivity contribution is -0.121. The molecule has 13 nitrogen and oxygen atoms in total. The highest BCUT2D eigenvalue weighted by atomic mass is 16.5. The van der Waals surface area contributed by atoms with Crippen molar-refractivity contribution in [3.05, 3.63) is 54.0 Å². The molecule has 5 aromatic rings.